The molecular weight excluding hydrogens is 272 g/mol. The highest BCUT2D eigenvalue weighted by molar-refractivity contribution is 5.95. The number of carbonyl (C=O) groups is 1. The molecule has 0 fully saturated rings. The SMILES string of the molecule is COc1ccc2c(c1)CCc1c(C(=O)NCCO)noc1-2. The number of amides is 1. The quantitative estimate of drug-likeness (QED) is 0.882. The molecule has 1 heterocycles. The molecule has 1 aliphatic carbocycles. The Balaban J connectivity index is 1.96. The van der Waals surface area contributed by atoms with E-state index in [9.17, 15) is 4.79 Å². The third kappa shape index (κ3) is 2.38. The van der Waals surface area contributed by atoms with Gasteiger partial charge < -0.3 is 19.7 Å². The number of benzene rings is 1. The third-order valence-electron chi connectivity index (χ3n) is 3.60. The smallest absolute Gasteiger partial charge is 0.273 e. The van der Waals surface area contributed by atoms with E-state index in [1.165, 1.54) is 0 Å². The number of aromatic nitrogens is 1. The van der Waals surface area contributed by atoms with Crippen LogP contribution in [-0.4, -0.2) is 36.4 Å². The van der Waals surface area contributed by atoms with Gasteiger partial charge in [-0.05, 0) is 36.6 Å². The number of hydrogen-bond acceptors (Lipinski definition) is 5. The number of aryl methyl sites for hydroxylation is 1. The first kappa shape index (κ1) is 13.6. The average Bonchev–Trinajstić information content (AvgIpc) is 2.96. The van der Waals surface area contributed by atoms with E-state index in [2.05, 4.69) is 10.5 Å². The first-order chi connectivity index (χ1) is 10.2. The zero-order valence-electron chi connectivity index (χ0n) is 11.7. The third-order valence-corrected chi connectivity index (χ3v) is 3.60. The van der Waals surface area contributed by atoms with Gasteiger partial charge in [-0.2, -0.15) is 0 Å². The van der Waals surface area contributed by atoms with Gasteiger partial charge in [0, 0.05) is 17.7 Å². The number of hydrogen-bond donors (Lipinski definition) is 2. The minimum absolute atomic E-state index is 0.103. The number of fused-ring (bicyclic) bond motifs is 3. The molecule has 3 rings (SSSR count). The van der Waals surface area contributed by atoms with Gasteiger partial charge in [0.1, 0.15) is 5.75 Å². The van der Waals surface area contributed by atoms with E-state index < -0.39 is 0 Å². The van der Waals surface area contributed by atoms with E-state index in [4.69, 9.17) is 14.4 Å². The van der Waals surface area contributed by atoms with Gasteiger partial charge in [0.15, 0.2) is 11.5 Å². The van der Waals surface area contributed by atoms with Crippen LogP contribution in [0.3, 0.4) is 0 Å². The van der Waals surface area contributed by atoms with Crippen LogP contribution in [0, 0.1) is 0 Å². The molecule has 110 valence electrons. The summed E-state index contributed by atoms with van der Waals surface area (Å²) in [5, 5.41) is 15.2. The zero-order chi connectivity index (χ0) is 14.8. The van der Waals surface area contributed by atoms with Crippen LogP contribution in [0.2, 0.25) is 0 Å². The number of ether oxygens (including phenoxy) is 1. The average molecular weight is 288 g/mol. The molecular formula is C15H16N2O4. The fourth-order valence-corrected chi connectivity index (χ4v) is 2.57. The summed E-state index contributed by atoms with van der Waals surface area (Å²) in [5.41, 5.74) is 3.20. The highest BCUT2D eigenvalue weighted by Gasteiger charge is 2.27. The van der Waals surface area contributed by atoms with Crippen LogP contribution in [-0.2, 0) is 12.8 Å². The van der Waals surface area contributed by atoms with Crippen molar-refractivity contribution in [3.63, 3.8) is 0 Å². The van der Waals surface area contributed by atoms with E-state index in [0.717, 1.165) is 28.9 Å². The van der Waals surface area contributed by atoms with Crippen LogP contribution in [0.5, 0.6) is 5.75 Å². The standard InChI is InChI=1S/C15H16N2O4/c1-20-10-3-5-11-9(8-10)2-4-12-13(17-21-14(11)12)15(19)16-6-7-18/h3,5,8,18H,2,4,6-7H2,1H3,(H,16,19). The summed E-state index contributed by atoms with van der Waals surface area (Å²) in [7, 11) is 1.63. The highest BCUT2D eigenvalue weighted by Crippen LogP contribution is 2.36. The Hall–Kier alpha value is -2.34. The predicted molar refractivity (Wildman–Crippen MR) is 75.3 cm³/mol. The summed E-state index contributed by atoms with van der Waals surface area (Å²) in [6, 6.07) is 5.76. The lowest BCUT2D eigenvalue weighted by atomic mass is 9.89. The van der Waals surface area contributed by atoms with Gasteiger partial charge in [-0.25, -0.2) is 0 Å². The van der Waals surface area contributed by atoms with Crippen molar-refractivity contribution < 1.29 is 19.2 Å². The summed E-state index contributed by atoms with van der Waals surface area (Å²) in [4.78, 5) is 12.0. The van der Waals surface area contributed by atoms with E-state index in [0.29, 0.717) is 17.9 Å². The molecule has 0 radical (unpaired) electrons. The number of nitrogens with one attached hydrogen (secondary N) is 1. The van der Waals surface area contributed by atoms with E-state index >= 15 is 0 Å². The second-order valence-electron chi connectivity index (χ2n) is 4.84. The fraction of sp³-hybridized carbons (Fsp3) is 0.333. The minimum atomic E-state index is -0.314. The van der Waals surface area contributed by atoms with Crippen molar-refractivity contribution in [1.29, 1.82) is 0 Å². The van der Waals surface area contributed by atoms with Crippen molar-refractivity contribution in [1.82, 2.24) is 10.5 Å². The lowest BCUT2D eigenvalue weighted by molar-refractivity contribution is 0.0935. The maximum absolute atomic E-state index is 12.0. The summed E-state index contributed by atoms with van der Waals surface area (Å²) in [5.74, 6) is 1.14. The van der Waals surface area contributed by atoms with Crippen molar-refractivity contribution in [2.24, 2.45) is 0 Å². The number of nitrogens with zero attached hydrogens (tertiary/aromatic N) is 1. The largest absolute Gasteiger partial charge is 0.497 e. The van der Waals surface area contributed by atoms with Crippen molar-refractivity contribution in [2.45, 2.75) is 12.8 Å². The molecule has 1 amide bonds. The summed E-state index contributed by atoms with van der Waals surface area (Å²) >= 11 is 0. The molecule has 0 aliphatic heterocycles. The van der Waals surface area contributed by atoms with Gasteiger partial charge in [0.2, 0.25) is 0 Å². The van der Waals surface area contributed by atoms with Crippen LogP contribution < -0.4 is 10.1 Å². The van der Waals surface area contributed by atoms with Gasteiger partial charge >= 0.3 is 0 Å². The summed E-state index contributed by atoms with van der Waals surface area (Å²) in [6.07, 6.45) is 1.50. The molecule has 6 nitrogen and oxygen atoms in total. The molecule has 21 heavy (non-hydrogen) atoms. The fourth-order valence-electron chi connectivity index (χ4n) is 2.57. The number of rotatable bonds is 4. The van der Waals surface area contributed by atoms with Crippen LogP contribution in [0.4, 0.5) is 0 Å². The molecule has 0 spiro atoms. The van der Waals surface area contributed by atoms with Crippen LogP contribution in [0.1, 0.15) is 21.6 Å². The first-order valence-corrected chi connectivity index (χ1v) is 6.79. The van der Waals surface area contributed by atoms with Crippen molar-refractivity contribution in [3.05, 3.63) is 35.0 Å². The molecule has 1 aromatic carbocycles. The van der Waals surface area contributed by atoms with Gasteiger partial charge in [-0.3, -0.25) is 4.79 Å². The molecule has 1 aromatic heterocycles. The Labute approximate surface area is 121 Å². The normalized spacial score (nSPS) is 12.5. The Morgan fingerprint density at radius 3 is 3.10 bits per heavy atom. The molecule has 0 unspecified atom stereocenters. The Morgan fingerprint density at radius 2 is 2.33 bits per heavy atom. The van der Waals surface area contributed by atoms with Crippen LogP contribution in [0.25, 0.3) is 11.3 Å². The van der Waals surface area contributed by atoms with Crippen molar-refractivity contribution in [3.8, 4) is 17.1 Å². The van der Waals surface area contributed by atoms with Gasteiger partial charge in [-0.15, -0.1) is 0 Å². The topological polar surface area (TPSA) is 84.6 Å². The molecule has 0 atom stereocenters. The number of aliphatic hydroxyl groups excluding tert-OH is 1. The lowest BCUT2D eigenvalue weighted by Crippen LogP contribution is -2.27. The Morgan fingerprint density at radius 1 is 1.48 bits per heavy atom. The van der Waals surface area contributed by atoms with Gasteiger partial charge in [0.25, 0.3) is 5.91 Å². The molecule has 2 N–H and O–H groups in total. The summed E-state index contributed by atoms with van der Waals surface area (Å²) in [6.45, 7) is 0.0999. The van der Waals surface area contributed by atoms with Crippen LogP contribution in [0.15, 0.2) is 22.7 Å². The Bertz CT molecular complexity index is 678. The predicted octanol–water partition coefficient (Wildman–Crippen LogP) is 1.17. The Kier molecular flexibility index (Phi) is 3.62. The van der Waals surface area contributed by atoms with Crippen LogP contribution >= 0.6 is 0 Å². The highest BCUT2D eigenvalue weighted by atomic mass is 16.5. The van der Waals surface area contributed by atoms with E-state index in [-0.39, 0.29) is 19.1 Å². The molecule has 1 aliphatic rings. The van der Waals surface area contributed by atoms with Crippen molar-refractivity contribution >= 4 is 5.91 Å². The zero-order valence-corrected chi connectivity index (χ0v) is 11.7. The van der Waals surface area contributed by atoms with E-state index in [1.54, 1.807) is 7.11 Å². The number of methoxy groups -OCH3 is 1. The first-order valence-electron chi connectivity index (χ1n) is 6.79. The molecule has 0 bridgehead atoms. The second kappa shape index (κ2) is 5.57. The molecule has 0 saturated heterocycles. The number of carbonyl (C=O) groups excluding carboxylic acids is 1. The summed E-state index contributed by atoms with van der Waals surface area (Å²) < 4.78 is 10.6. The van der Waals surface area contributed by atoms with E-state index in [1.807, 2.05) is 18.2 Å². The maximum Gasteiger partial charge on any atom is 0.273 e. The molecule has 6 heteroatoms. The van der Waals surface area contributed by atoms with Gasteiger partial charge in [-0.1, -0.05) is 5.16 Å². The number of aliphatic hydroxyl groups is 1. The van der Waals surface area contributed by atoms with Crippen molar-refractivity contribution in [2.75, 3.05) is 20.3 Å². The maximum atomic E-state index is 12.0. The second-order valence-corrected chi connectivity index (χ2v) is 4.84. The monoisotopic (exact) mass is 288 g/mol. The lowest BCUT2D eigenvalue weighted by Gasteiger charge is -2.15. The minimum Gasteiger partial charge on any atom is -0.497 e. The molecule has 2 aromatic rings. The van der Waals surface area contributed by atoms with Gasteiger partial charge in [0.05, 0.1) is 13.7 Å². The molecule has 0 saturated carbocycles.